The van der Waals surface area contributed by atoms with Crippen molar-refractivity contribution in [2.24, 2.45) is 0 Å². The molecular weight excluding hydrogens is 344 g/mol. The molecule has 0 bridgehead atoms. The average molecular weight is 366 g/mol. The Labute approximate surface area is 158 Å². The minimum absolute atomic E-state index is 0.318. The predicted octanol–water partition coefficient (Wildman–Crippen LogP) is 3.82. The van der Waals surface area contributed by atoms with Gasteiger partial charge in [-0.25, -0.2) is 9.59 Å². The summed E-state index contributed by atoms with van der Waals surface area (Å²) < 4.78 is 5.72. The molecular formula is C21H22N2O4. The van der Waals surface area contributed by atoms with Crippen LogP contribution in [0, 0.1) is 0 Å². The third kappa shape index (κ3) is 3.47. The summed E-state index contributed by atoms with van der Waals surface area (Å²) in [5.41, 5.74) is 2.73. The molecule has 2 heterocycles. The normalized spacial score (nSPS) is 18.6. The largest absolute Gasteiger partial charge is 0.465 e. The molecule has 2 amide bonds. The Morgan fingerprint density at radius 3 is 2.41 bits per heavy atom. The van der Waals surface area contributed by atoms with Crippen molar-refractivity contribution in [3.8, 4) is 11.1 Å². The van der Waals surface area contributed by atoms with Gasteiger partial charge in [0.25, 0.3) is 0 Å². The minimum Gasteiger partial charge on any atom is -0.465 e. The van der Waals surface area contributed by atoms with Gasteiger partial charge >= 0.3 is 12.2 Å². The highest BCUT2D eigenvalue weighted by Crippen LogP contribution is 2.35. The molecule has 1 N–H and O–H groups in total. The third-order valence-electron chi connectivity index (χ3n) is 5.45. The van der Waals surface area contributed by atoms with Gasteiger partial charge in [-0.3, -0.25) is 4.90 Å². The van der Waals surface area contributed by atoms with Crippen LogP contribution in [0.5, 0.6) is 0 Å². The van der Waals surface area contributed by atoms with E-state index in [-0.39, 0.29) is 6.09 Å². The van der Waals surface area contributed by atoms with E-state index in [2.05, 4.69) is 18.2 Å². The quantitative estimate of drug-likeness (QED) is 0.897. The Kier molecular flexibility index (Phi) is 4.48. The highest BCUT2D eigenvalue weighted by Gasteiger charge is 2.47. The third-order valence-corrected chi connectivity index (χ3v) is 5.45. The van der Waals surface area contributed by atoms with E-state index in [9.17, 15) is 9.59 Å². The number of carbonyl (C=O) groups excluding carboxylic acids is 1. The molecule has 6 heteroatoms. The van der Waals surface area contributed by atoms with E-state index in [0.717, 1.165) is 16.7 Å². The Morgan fingerprint density at radius 2 is 1.70 bits per heavy atom. The Bertz CT molecular complexity index is 844. The van der Waals surface area contributed by atoms with Crippen molar-refractivity contribution in [2.75, 3.05) is 19.6 Å². The second-order valence-electron chi connectivity index (χ2n) is 7.20. The van der Waals surface area contributed by atoms with Gasteiger partial charge in [0.1, 0.15) is 5.60 Å². The maximum absolute atomic E-state index is 12.5. The second kappa shape index (κ2) is 6.95. The standard InChI is InChI=1S/C21H22N2O4/c24-19(25)22-12-10-21(11-13-22)15-23(20(26)27-21)14-17-8-4-5-9-18(17)16-6-2-1-3-7-16/h1-9H,10-15H2,(H,24,25). The fourth-order valence-corrected chi connectivity index (χ4v) is 3.94. The number of nitrogens with zero attached hydrogens (tertiary/aromatic N) is 2. The maximum atomic E-state index is 12.5. The summed E-state index contributed by atoms with van der Waals surface area (Å²) in [4.78, 5) is 26.7. The van der Waals surface area contributed by atoms with Gasteiger partial charge in [0.15, 0.2) is 0 Å². The number of hydrogen-bond donors (Lipinski definition) is 1. The first kappa shape index (κ1) is 17.4. The number of ether oxygens (including phenoxy) is 1. The number of rotatable bonds is 3. The molecule has 0 aromatic heterocycles. The van der Waals surface area contributed by atoms with E-state index in [4.69, 9.17) is 9.84 Å². The molecule has 6 nitrogen and oxygen atoms in total. The van der Waals surface area contributed by atoms with Gasteiger partial charge in [-0.15, -0.1) is 0 Å². The van der Waals surface area contributed by atoms with Gasteiger partial charge in [0.05, 0.1) is 6.54 Å². The molecule has 2 aliphatic rings. The molecule has 140 valence electrons. The van der Waals surface area contributed by atoms with Crippen LogP contribution >= 0.6 is 0 Å². The Morgan fingerprint density at radius 1 is 1.04 bits per heavy atom. The number of amides is 2. The first-order valence-electron chi connectivity index (χ1n) is 9.15. The van der Waals surface area contributed by atoms with Gasteiger partial charge in [-0.2, -0.15) is 0 Å². The molecule has 0 aliphatic carbocycles. The van der Waals surface area contributed by atoms with Crippen molar-refractivity contribution < 1.29 is 19.4 Å². The highest BCUT2D eigenvalue weighted by molar-refractivity contribution is 5.73. The van der Waals surface area contributed by atoms with Crippen LogP contribution in [-0.4, -0.2) is 52.3 Å². The van der Waals surface area contributed by atoms with Crippen LogP contribution in [0.4, 0.5) is 9.59 Å². The highest BCUT2D eigenvalue weighted by atomic mass is 16.6. The molecule has 27 heavy (non-hydrogen) atoms. The summed E-state index contributed by atoms with van der Waals surface area (Å²) in [6, 6.07) is 18.2. The molecule has 2 aromatic rings. The zero-order valence-electron chi connectivity index (χ0n) is 15.0. The smallest absolute Gasteiger partial charge is 0.410 e. The minimum atomic E-state index is -0.914. The lowest BCUT2D eigenvalue weighted by molar-refractivity contribution is 0.00431. The topological polar surface area (TPSA) is 70.1 Å². The van der Waals surface area contributed by atoms with Gasteiger partial charge in [0, 0.05) is 32.5 Å². The van der Waals surface area contributed by atoms with Crippen LogP contribution in [0.15, 0.2) is 54.6 Å². The van der Waals surface area contributed by atoms with Crippen LogP contribution in [0.2, 0.25) is 0 Å². The number of benzene rings is 2. The van der Waals surface area contributed by atoms with E-state index in [0.29, 0.717) is 39.0 Å². The maximum Gasteiger partial charge on any atom is 0.410 e. The summed E-state index contributed by atoms with van der Waals surface area (Å²) in [5.74, 6) is 0. The zero-order valence-corrected chi connectivity index (χ0v) is 15.0. The average Bonchev–Trinajstić information content (AvgIpc) is 2.98. The van der Waals surface area contributed by atoms with Gasteiger partial charge in [0.2, 0.25) is 0 Å². The SMILES string of the molecule is O=C(O)N1CCC2(CC1)CN(Cc1ccccc1-c1ccccc1)C(=O)O2. The Hall–Kier alpha value is -3.02. The van der Waals surface area contributed by atoms with Gasteiger partial charge in [-0.1, -0.05) is 54.6 Å². The fraction of sp³-hybridized carbons (Fsp3) is 0.333. The summed E-state index contributed by atoms with van der Waals surface area (Å²) in [6.45, 7) is 1.78. The van der Waals surface area contributed by atoms with E-state index in [1.54, 1.807) is 4.90 Å². The molecule has 2 saturated heterocycles. The van der Waals surface area contributed by atoms with E-state index in [1.165, 1.54) is 4.90 Å². The van der Waals surface area contributed by atoms with Crippen LogP contribution in [0.25, 0.3) is 11.1 Å². The number of carbonyl (C=O) groups is 2. The van der Waals surface area contributed by atoms with Crippen molar-refractivity contribution in [3.63, 3.8) is 0 Å². The zero-order chi connectivity index (χ0) is 18.9. The summed E-state index contributed by atoms with van der Waals surface area (Å²) in [6.07, 6.45) is -0.145. The van der Waals surface area contributed by atoms with Gasteiger partial charge < -0.3 is 14.7 Å². The monoisotopic (exact) mass is 366 g/mol. The van der Waals surface area contributed by atoms with Crippen LogP contribution in [-0.2, 0) is 11.3 Å². The molecule has 1 spiro atoms. The summed E-state index contributed by atoms with van der Waals surface area (Å²) >= 11 is 0. The molecule has 0 atom stereocenters. The number of piperidine rings is 1. The lowest BCUT2D eigenvalue weighted by Crippen LogP contribution is -2.48. The molecule has 2 aromatic carbocycles. The lowest BCUT2D eigenvalue weighted by Gasteiger charge is -2.36. The van der Waals surface area contributed by atoms with Crippen LogP contribution in [0.3, 0.4) is 0 Å². The summed E-state index contributed by atoms with van der Waals surface area (Å²) in [5, 5.41) is 9.11. The van der Waals surface area contributed by atoms with Crippen molar-refractivity contribution in [1.29, 1.82) is 0 Å². The number of carboxylic acid groups (broad SMARTS) is 1. The number of hydrogen-bond acceptors (Lipinski definition) is 3. The predicted molar refractivity (Wildman–Crippen MR) is 100 cm³/mol. The molecule has 0 saturated carbocycles. The first-order chi connectivity index (χ1) is 13.1. The molecule has 2 aliphatic heterocycles. The van der Waals surface area contributed by atoms with Gasteiger partial charge in [-0.05, 0) is 16.7 Å². The molecule has 0 radical (unpaired) electrons. The van der Waals surface area contributed by atoms with E-state index in [1.807, 2.05) is 36.4 Å². The second-order valence-corrected chi connectivity index (χ2v) is 7.20. The summed E-state index contributed by atoms with van der Waals surface area (Å²) in [7, 11) is 0. The van der Waals surface area contributed by atoms with Crippen LogP contribution < -0.4 is 0 Å². The first-order valence-corrected chi connectivity index (χ1v) is 9.15. The number of likely N-dealkylation sites (tertiary alicyclic amines) is 1. The van der Waals surface area contributed by atoms with Crippen molar-refractivity contribution in [2.45, 2.75) is 25.0 Å². The Balaban J connectivity index is 1.50. The molecule has 4 rings (SSSR count). The lowest BCUT2D eigenvalue weighted by atomic mass is 9.91. The van der Waals surface area contributed by atoms with Crippen molar-refractivity contribution in [3.05, 3.63) is 60.2 Å². The van der Waals surface area contributed by atoms with E-state index >= 15 is 0 Å². The van der Waals surface area contributed by atoms with Crippen LogP contribution in [0.1, 0.15) is 18.4 Å². The van der Waals surface area contributed by atoms with Crippen molar-refractivity contribution >= 4 is 12.2 Å². The van der Waals surface area contributed by atoms with Crippen molar-refractivity contribution in [1.82, 2.24) is 9.80 Å². The molecule has 2 fully saturated rings. The van der Waals surface area contributed by atoms with E-state index < -0.39 is 11.7 Å². The molecule has 0 unspecified atom stereocenters. The fourth-order valence-electron chi connectivity index (χ4n) is 3.94.